The first-order valence-electron chi connectivity index (χ1n) is 5.70. The molecule has 0 heterocycles. The van der Waals surface area contributed by atoms with Crippen LogP contribution in [0.4, 0.5) is 0 Å². The van der Waals surface area contributed by atoms with Crippen molar-refractivity contribution in [2.75, 3.05) is 13.2 Å². The molecule has 1 atom stereocenters. The van der Waals surface area contributed by atoms with Crippen LogP contribution in [-0.4, -0.2) is 13.2 Å². The molecule has 0 aliphatic carbocycles. The lowest BCUT2D eigenvalue weighted by Crippen LogP contribution is -2.17. The number of rotatable bonds is 6. The maximum Gasteiger partial charge on any atom is 0.0947 e. The molecule has 0 amide bonds. The molecule has 0 saturated carbocycles. The summed E-state index contributed by atoms with van der Waals surface area (Å²) in [5.74, 6) is 0.656. The second-order valence-corrected chi connectivity index (χ2v) is 4.77. The molecule has 2 N–H and O–H groups in total. The Hall–Kier alpha value is -0.570. The van der Waals surface area contributed by atoms with Gasteiger partial charge in [0.2, 0.25) is 0 Å². The molecule has 0 fully saturated rings. The summed E-state index contributed by atoms with van der Waals surface area (Å²) in [6.07, 6.45) is 1.04. The van der Waals surface area contributed by atoms with Crippen molar-refractivity contribution < 1.29 is 4.74 Å². The van der Waals surface area contributed by atoms with Gasteiger partial charge in [0.1, 0.15) is 0 Å². The van der Waals surface area contributed by atoms with E-state index in [1.165, 1.54) is 0 Å². The van der Waals surface area contributed by atoms with Crippen LogP contribution in [0.3, 0.4) is 0 Å². The summed E-state index contributed by atoms with van der Waals surface area (Å²) in [4.78, 5) is 0. The fraction of sp³-hybridized carbons (Fsp3) is 0.538. The molecule has 3 heteroatoms. The first-order valence-corrected chi connectivity index (χ1v) is 6.08. The third-order valence-corrected chi connectivity index (χ3v) is 2.72. The van der Waals surface area contributed by atoms with Gasteiger partial charge in [-0.15, -0.1) is 0 Å². The Balaban J connectivity index is 2.50. The van der Waals surface area contributed by atoms with Gasteiger partial charge < -0.3 is 10.5 Å². The van der Waals surface area contributed by atoms with E-state index in [1.54, 1.807) is 0 Å². The van der Waals surface area contributed by atoms with Crippen LogP contribution in [0.15, 0.2) is 24.3 Å². The molecule has 0 aliphatic rings. The third kappa shape index (κ3) is 4.52. The van der Waals surface area contributed by atoms with E-state index < -0.39 is 0 Å². The van der Waals surface area contributed by atoms with E-state index in [0.29, 0.717) is 12.5 Å². The van der Waals surface area contributed by atoms with Crippen molar-refractivity contribution in [1.82, 2.24) is 0 Å². The minimum Gasteiger partial charge on any atom is -0.372 e. The molecule has 16 heavy (non-hydrogen) atoms. The van der Waals surface area contributed by atoms with E-state index in [9.17, 15) is 0 Å². The number of benzene rings is 1. The Morgan fingerprint density at radius 1 is 1.25 bits per heavy atom. The number of hydrogen-bond donors (Lipinski definition) is 1. The van der Waals surface area contributed by atoms with Crippen LogP contribution >= 0.6 is 11.6 Å². The first kappa shape index (κ1) is 13.5. The Morgan fingerprint density at radius 2 is 1.88 bits per heavy atom. The predicted octanol–water partition coefficient (Wildman–Crippen LogP) is 3.40. The summed E-state index contributed by atoms with van der Waals surface area (Å²) in [7, 11) is 0. The molecule has 0 radical (unpaired) electrons. The standard InChI is InChI=1S/C13H20ClNO/c1-10(2)7-8-16-13(9-15)11-3-5-12(14)6-4-11/h3-6,10,13H,7-9,15H2,1-2H3. The lowest BCUT2D eigenvalue weighted by atomic mass is 10.1. The van der Waals surface area contributed by atoms with Crippen LogP contribution in [-0.2, 0) is 4.74 Å². The van der Waals surface area contributed by atoms with Gasteiger partial charge >= 0.3 is 0 Å². The molecule has 0 aromatic heterocycles. The number of ether oxygens (including phenoxy) is 1. The van der Waals surface area contributed by atoms with Crippen LogP contribution < -0.4 is 5.73 Å². The van der Waals surface area contributed by atoms with Crippen molar-refractivity contribution in [2.24, 2.45) is 11.7 Å². The average Bonchev–Trinajstić information content (AvgIpc) is 2.26. The van der Waals surface area contributed by atoms with Gasteiger partial charge in [-0.25, -0.2) is 0 Å². The average molecular weight is 242 g/mol. The molecular weight excluding hydrogens is 222 g/mol. The highest BCUT2D eigenvalue weighted by molar-refractivity contribution is 6.30. The summed E-state index contributed by atoms with van der Waals surface area (Å²) < 4.78 is 5.76. The van der Waals surface area contributed by atoms with Crippen LogP contribution in [0.2, 0.25) is 5.02 Å². The number of nitrogens with two attached hydrogens (primary N) is 1. The number of hydrogen-bond acceptors (Lipinski definition) is 2. The Morgan fingerprint density at radius 3 is 2.38 bits per heavy atom. The molecule has 0 aliphatic heterocycles. The maximum atomic E-state index is 5.83. The van der Waals surface area contributed by atoms with Gasteiger partial charge in [-0.05, 0) is 30.0 Å². The topological polar surface area (TPSA) is 35.2 Å². The van der Waals surface area contributed by atoms with E-state index in [4.69, 9.17) is 22.1 Å². The Bertz CT molecular complexity index is 297. The SMILES string of the molecule is CC(C)CCOC(CN)c1ccc(Cl)cc1. The highest BCUT2D eigenvalue weighted by Crippen LogP contribution is 2.19. The Labute approximate surface area is 103 Å². The van der Waals surface area contributed by atoms with Gasteiger partial charge in [-0.2, -0.15) is 0 Å². The molecule has 1 aromatic rings. The van der Waals surface area contributed by atoms with Gasteiger partial charge in [0.05, 0.1) is 6.10 Å². The highest BCUT2D eigenvalue weighted by atomic mass is 35.5. The summed E-state index contributed by atoms with van der Waals surface area (Å²) in [6, 6.07) is 7.67. The normalized spacial score (nSPS) is 13.1. The van der Waals surface area contributed by atoms with Crippen LogP contribution in [0.1, 0.15) is 31.9 Å². The first-order chi connectivity index (χ1) is 7.63. The van der Waals surface area contributed by atoms with Gasteiger partial charge in [-0.1, -0.05) is 37.6 Å². The lowest BCUT2D eigenvalue weighted by Gasteiger charge is -2.17. The van der Waals surface area contributed by atoms with E-state index in [-0.39, 0.29) is 6.10 Å². The van der Waals surface area contributed by atoms with Crippen LogP contribution in [0, 0.1) is 5.92 Å². The summed E-state index contributed by atoms with van der Waals surface area (Å²) >= 11 is 5.83. The molecule has 90 valence electrons. The zero-order chi connectivity index (χ0) is 12.0. The zero-order valence-corrected chi connectivity index (χ0v) is 10.7. The Kier molecular flexibility index (Phi) is 5.81. The molecule has 1 aromatic carbocycles. The van der Waals surface area contributed by atoms with Crippen LogP contribution in [0.5, 0.6) is 0 Å². The maximum absolute atomic E-state index is 5.83. The van der Waals surface area contributed by atoms with Crippen molar-refractivity contribution in [3.05, 3.63) is 34.9 Å². The van der Waals surface area contributed by atoms with Gasteiger partial charge in [-0.3, -0.25) is 0 Å². The lowest BCUT2D eigenvalue weighted by molar-refractivity contribution is 0.0515. The minimum atomic E-state index is -0.0176. The molecule has 0 bridgehead atoms. The summed E-state index contributed by atoms with van der Waals surface area (Å²) in [5.41, 5.74) is 6.79. The molecule has 1 rings (SSSR count). The molecule has 2 nitrogen and oxygen atoms in total. The van der Waals surface area contributed by atoms with Gasteiger partial charge in [0.15, 0.2) is 0 Å². The van der Waals surface area contributed by atoms with Crippen molar-refractivity contribution in [3.63, 3.8) is 0 Å². The molecule has 0 saturated heterocycles. The molecular formula is C13H20ClNO. The second kappa shape index (κ2) is 6.89. The van der Waals surface area contributed by atoms with E-state index in [0.717, 1.165) is 23.6 Å². The quantitative estimate of drug-likeness (QED) is 0.829. The third-order valence-electron chi connectivity index (χ3n) is 2.47. The van der Waals surface area contributed by atoms with Crippen molar-refractivity contribution in [1.29, 1.82) is 0 Å². The fourth-order valence-electron chi connectivity index (χ4n) is 1.42. The highest BCUT2D eigenvalue weighted by Gasteiger charge is 2.09. The van der Waals surface area contributed by atoms with Crippen molar-refractivity contribution in [3.8, 4) is 0 Å². The number of halogens is 1. The molecule has 1 unspecified atom stereocenters. The largest absolute Gasteiger partial charge is 0.372 e. The second-order valence-electron chi connectivity index (χ2n) is 4.33. The van der Waals surface area contributed by atoms with E-state index >= 15 is 0 Å². The van der Waals surface area contributed by atoms with E-state index in [2.05, 4.69) is 13.8 Å². The molecule has 0 spiro atoms. The van der Waals surface area contributed by atoms with Crippen molar-refractivity contribution in [2.45, 2.75) is 26.4 Å². The zero-order valence-electron chi connectivity index (χ0n) is 9.95. The van der Waals surface area contributed by atoms with Crippen molar-refractivity contribution >= 4 is 11.6 Å². The van der Waals surface area contributed by atoms with Gasteiger partial charge in [0, 0.05) is 18.2 Å². The monoisotopic (exact) mass is 241 g/mol. The predicted molar refractivity (Wildman–Crippen MR) is 68.7 cm³/mol. The van der Waals surface area contributed by atoms with E-state index in [1.807, 2.05) is 24.3 Å². The summed E-state index contributed by atoms with van der Waals surface area (Å²) in [5, 5.41) is 0.738. The fourth-order valence-corrected chi connectivity index (χ4v) is 1.55. The smallest absolute Gasteiger partial charge is 0.0947 e. The summed E-state index contributed by atoms with van der Waals surface area (Å²) in [6.45, 7) is 5.62. The van der Waals surface area contributed by atoms with Crippen LogP contribution in [0.25, 0.3) is 0 Å². The minimum absolute atomic E-state index is 0.0176. The van der Waals surface area contributed by atoms with Gasteiger partial charge in [0.25, 0.3) is 0 Å².